The van der Waals surface area contributed by atoms with Crippen LogP contribution in [0.1, 0.15) is 53.4 Å². The van der Waals surface area contributed by atoms with E-state index in [-0.39, 0.29) is 160 Å². The fourth-order valence-electron chi connectivity index (χ4n) is 1.90. The standard InChI is InChI=1S/C17H28F2O5P2.3K/c1-14(2)8-5-9-15(3)10-6-11-16(4)12-7-13-25(20,21)17(18,19)26(22,23)24;;;/h7-8,10,12-13H,5-6,9,11H2,1-4H3,(H,20,21)(H2,22,23,24);;;/q;3*+1/p-3/b13-7+,15-10+,16-12+;;;. The van der Waals surface area contributed by atoms with Crippen LogP contribution in [0, 0.1) is 0 Å². The van der Waals surface area contributed by atoms with Crippen molar-refractivity contribution in [2.45, 2.75) is 58.8 Å². The Kier molecular flexibility index (Phi) is 26.8. The van der Waals surface area contributed by atoms with Gasteiger partial charge in [-0.3, -0.25) is 0 Å². The van der Waals surface area contributed by atoms with Crippen LogP contribution >= 0.6 is 15.0 Å². The molecule has 0 aliphatic heterocycles. The number of allylic oxidation sites excluding steroid dienone is 7. The molecule has 0 saturated carbocycles. The molecule has 0 aromatic carbocycles. The quantitative estimate of drug-likeness (QED) is 0.123. The van der Waals surface area contributed by atoms with Gasteiger partial charge in [0.15, 0.2) is 0 Å². The molecule has 0 aromatic heterocycles. The zero-order valence-electron chi connectivity index (χ0n) is 18.4. The van der Waals surface area contributed by atoms with E-state index in [0.29, 0.717) is 12.8 Å². The average molecular weight is 527 g/mol. The molecule has 0 rings (SSSR count). The van der Waals surface area contributed by atoms with E-state index in [4.69, 9.17) is 0 Å². The van der Waals surface area contributed by atoms with Crippen molar-refractivity contribution in [1.29, 1.82) is 0 Å². The van der Waals surface area contributed by atoms with E-state index < -0.39 is 20.4 Å². The maximum atomic E-state index is 13.1. The Morgan fingerprint density at radius 3 is 1.76 bits per heavy atom. The molecule has 0 aliphatic carbocycles. The number of alkyl halides is 2. The fourth-order valence-corrected chi connectivity index (χ4v) is 3.96. The number of hydrogen-bond acceptors (Lipinski definition) is 5. The first-order valence-electron chi connectivity index (χ1n) is 8.05. The van der Waals surface area contributed by atoms with Crippen molar-refractivity contribution in [1.82, 2.24) is 0 Å². The molecule has 0 aromatic rings. The van der Waals surface area contributed by atoms with Gasteiger partial charge >= 0.3 is 160 Å². The Balaban J connectivity index is -0.00000104. The van der Waals surface area contributed by atoms with Crippen LogP contribution in [-0.4, -0.2) is 5.40 Å². The van der Waals surface area contributed by atoms with Gasteiger partial charge in [0.1, 0.15) is 7.37 Å². The van der Waals surface area contributed by atoms with Gasteiger partial charge in [0, 0.05) is 7.60 Å². The minimum absolute atomic E-state index is 0. The van der Waals surface area contributed by atoms with Crippen molar-refractivity contribution >= 4 is 15.0 Å². The second-order valence-corrected chi connectivity index (χ2v) is 10.3. The van der Waals surface area contributed by atoms with Crippen molar-refractivity contribution in [3.63, 3.8) is 0 Å². The van der Waals surface area contributed by atoms with Gasteiger partial charge in [0.05, 0.1) is 0 Å². The van der Waals surface area contributed by atoms with E-state index in [0.717, 1.165) is 24.5 Å². The molecule has 0 radical (unpaired) electrons. The zero-order valence-corrected chi connectivity index (χ0v) is 29.6. The van der Waals surface area contributed by atoms with Gasteiger partial charge in [-0.25, -0.2) is 0 Å². The topological polar surface area (TPSA) is 103 Å². The minimum atomic E-state index is -6.59. The molecule has 0 bridgehead atoms. The second kappa shape index (κ2) is 19.3. The average Bonchev–Trinajstić information content (AvgIpc) is 2.45. The molecule has 5 nitrogen and oxygen atoms in total. The Morgan fingerprint density at radius 2 is 1.31 bits per heavy atom. The summed E-state index contributed by atoms with van der Waals surface area (Å²) in [6, 6.07) is 0. The van der Waals surface area contributed by atoms with Crippen LogP contribution in [0.5, 0.6) is 0 Å². The van der Waals surface area contributed by atoms with Crippen LogP contribution in [0.3, 0.4) is 0 Å². The predicted molar refractivity (Wildman–Crippen MR) is 94.7 cm³/mol. The summed E-state index contributed by atoms with van der Waals surface area (Å²) in [4.78, 5) is 32.1. The molecule has 29 heavy (non-hydrogen) atoms. The van der Waals surface area contributed by atoms with E-state index in [1.807, 2.05) is 20.8 Å². The Bertz CT molecular complexity index is 697. The summed E-state index contributed by atoms with van der Waals surface area (Å²) < 4.78 is 48.0. The molecule has 0 spiro atoms. The summed E-state index contributed by atoms with van der Waals surface area (Å²) in [6.07, 6.45) is 9.51. The molecule has 12 heteroatoms. The van der Waals surface area contributed by atoms with Gasteiger partial charge in [0.2, 0.25) is 0 Å². The van der Waals surface area contributed by atoms with Gasteiger partial charge in [-0.2, -0.15) is 8.78 Å². The largest absolute Gasteiger partial charge is 1.00 e. The second-order valence-electron chi connectivity index (χ2n) is 6.37. The Hall–Kier alpha value is 4.07. The summed E-state index contributed by atoms with van der Waals surface area (Å²) in [5.74, 6) is 0.0689. The van der Waals surface area contributed by atoms with E-state index in [1.54, 1.807) is 6.92 Å². The van der Waals surface area contributed by atoms with Crippen molar-refractivity contribution in [2.24, 2.45) is 0 Å². The first kappa shape index (κ1) is 40.2. The van der Waals surface area contributed by atoms with Crippen LogP contribution < -0.4 is 169 Å². The van der Waals surface area contributed by atoms with Crippen molar-refractivity contribution in [3.8, 4) is 0 Å². The molecule has 0 aliphatic rings. The first-order valence-corrected chi connectivity index (χ1v) is 11.3. The molecule has 0 fully saturated rings. The van der Waals surface area contributed by atoms with Crippen molar-refractivity contribution in [2.75, 3.05) is 0 Å². The third-order valence-electron chi connectivity index (χ3n) is 3.49. The molecule has 0 saturated heterocycles. The molecule has 150 valence electrons. The van der Waals surface area contributed by atoms with Gasteiger partial charge in [-0.05, 0) is 59.2 Å². The number of hydrogen-bond donors (Lipinski definition) is 0. The van der Waals surface area contributed by atoms with Gasteiger partial charge in [0.25, 0.3) is 0 Å². The Labute approximate surface area is 300 Å². The number of rotatable bonds is 10. The third-order valence-corrected chi connectivity index (χ3v) is 7.04. The summed E-state index contributed by atoms with van der Waals surface area (Å²) in [6.45, 7) is 7.77. The van der Waals surface area contributed by atoms with E-state index in [9.17, 15) is 32.6 Å². The van der Waals surface area contributed by atoms with Crippen LogP contribution in [0.2, 0.25) is 0 Å². The van der Waals surface area contributed by atoms with Crippen LogP contribution in [-0.2, 0) is 9.13 Å². The maximum absolute atomic E-state index is 13.1. The zero-order chi connectivity index (χ0) is 20.6. The van der Waals surface area contributed by atoms with Gasteiger partial charge in [-0.15, -0.1) is 0 Å². The van der Waals surface area contributed by atoms with E-state index in [1.165, 1.54) is 17.2 Å². The molecule has 0 N–H and O–H groups in total. The fraction of sp³-hybridized carbons (Fsp3) is 0.529. The van der Waals surface area contributed by atoms with Crippen molar-refractivity contribution in [3.05, 3.63) is 46.8 Å². The molecule has 0 amide bonds. The molecule has 1 atom stereocenters. The summed E-state index contributed by atoms with van der Waals surface area (Å²) in [5.41, 5.74) is 3.21. The molecule has 0 heterocycles. The third kappa shape index (κ3) is 17.2. The minimum Gasteiger partial charge on any atom is -0.806 e. The van der Waals surface area contributed by atoms with Gasteiger partial charge < -0.3 is 23.8 Å². The summed E-state index contributed by atoms with van der Waals surface area (Å²) in [7, 11) is -12.4. The van der Waals surface area contributed by atoms with Gasteiger partial charge in [-0.1, -0.05) is 41.0 Å². The molecule has 1 unspecified atom stereocenters. The maximum Gasteiger partial charge on any atom is 1.00 e. The molecular weight excluding hydrogens is 501 g/mol. The summed E-state index contributed by atoms with van der Waals surface area (Å²) >= 11 is 0. The molecular formula is C17H25F2K3O5P2. The number of halogens is 2. The Morgan fingerprint density at radius 1 is 0.862 bits per heavy atom. The van der Waals surface area contributed by atoms with Crippen LogP contribution in [0.25, 0.3) is 0 Å². The van der Waals surface area contributed by atoms with Crippen molar-refractivity contribution < 1.29 is 187 Å². The van der Waals surface area contributed by atoms with E-state index >= 15 is 0 Å². The monoisotopic (exact) mass is 526 g/mol. The summed E-state index contributed by atoms with van der Waals surface area (Å²) in [5, 5.41) is -5.33. The SMILES string of the molecule is CC(C)=CCC/C(C)=C/CC/C(C)=C/C=C/P(=O)([O-])C(F)(F)P(=O)([O-])[O-].[K+].[K+].[K+]. The van der Waals surface area contributed by atoms with Crippen LogP contribution in [0.4, 0.5) is 8.78 Å². The predicted octanol–water partition coefficient (Wildman–Crippen LogP) is -4.97. The smallest absolute Gasteiger partial charge is 0.806 e. The van der Waals surface area contributed by atoms with E-state index in [2.05, 4.69) is 12.2 Å². The normalized spacial score (nSPS) is 14.9. The van der Waals surface area contributed by atoms with Crippen LogP contribution in [0.15, 0.2) is 46.8 Å². The first-order chi connectivity index (χ1) is 11.7.